The van der Waals surface area contributed by atoms with Gasteiger partial charge in [-0.15, -0.1) is 0 Å². The highest BCUT2D eigenvalue weighted by Gasteiger charge is 2.44. The van der Waals surface area contributed by atoms with Crippen molar-refractivity contribution in [1.82, 2.24) is 4.90 Å². The number of ether oxygens (including phenoxy) is 1. The molecule has 0 aliphatic carbocycles. The third-order valence-corrected chi connectivity index (χ3v) is 2.40. The van der Waals surface area contributed by atoms with Crippen molar-refractivity contribution in [3.8, 4) is 0 Å². The summed E-state index contributed by atoms with van der Waals surface area (Å²) in [6, 6.07) is 0. The van der Waals surface area contributed by atoms with Crippen LogP contribution in [0, 0.1) is 5.92 Å². The molecule has 94 valence electrons. The molecule has 0 radical (unpaired) electrons. The van der Waals surface area contributed by atoms with Crippen molar-refractivity contribution in [3.05, 3.63) is 0 Å². The fourth-order valence-corrected chi connectivity index (χ4v) is 1.65. The average Bonchev–Trinajstić information content (AvgIpc) is 2.64. The molecular formula is C9H14F3NO3. The van der Waals surface area contributed by atoms with E-state index in [1.165, 1.54) is 0 Å². The van der Waals surface area contributed by atoms with Gasteiger partial charge in [-0.2, -0.15) is 13.2 Å². The van der Waals surface area contributed by atoms with Gasteiger partial charge < -0.3 is 14.7 Å². The molecule has 0 spiro atoms. The zero-order valence-electron chi connectivity index (χ0n) is 8.66. The minimum atomic E-state index is -4.79. The van der Waals surface area contributed by atoms with Crippen LogP contribution in [0.5, 0.6) is 0 Å². The summed E-state index contributed by atoms with van der Waals surface area (Å²) in [6.07, 6.45) is -4.28. The summed E-state index contributed by atoms with van der Waals surface area (Å²) >= 11 is 0. The maximum absolute atomic E-state index is 12.1. The van der Waals surface area contributed by atoms with Gasteiger partial charge in [-0.05, 0) is 6.42 Å². The Morgan fingerprint density at radius 2 is 2.19 bits per heavy atom. The van der Waals surface area contributed by atoms with Crippen LogP contribution >= 0.6 is 0 Å². The van der Waals surface area contributed by atoms with Gasteiger partial charge in [0.1, 0.15) is 0 Å². The van der Waals surface area contributed by atoms with Crippen molar-refractivity contribution in [2.45, 2.75) is 12.6 Å². The lowest BCUT2D eigenvalue weighted by Crippen LogP contribution is -2.39. The second-order valence-corrected chi connectivity index (χ2v) is 3.70. The van der Waals surface area contributed by atoms with Crippen molar-refractivity contribution in [1.29, 1.82) is 0 Å². The SMILES string of the molecule is O=C(N1CCC(COCCO)C1)C(F)(F)F. The first-order chi connectivity index (χ1) is 7.45. The van der Waals surface area contributed by atoms with Crippen LogP contribution in [0.3, 0.4) is 0 Å². The van der Waals surface area contributed by atoms with Gasteiger partial charge in [0.25, 0.3) is 0 Å². The number of aliphatic hydroxyl groups excluding tert-OH is 1. The summed E-state index contributed by atoms with van der Waals surface area (Å²) in [5, 5.41) is 8.45. The number of aliphatic hydroxyl groups is 1. The Labute approximate surface area is 91.0 Å². The van der Waals surface area contributed by atoms with E-state index in [-0.39, 0.29) is 38.8 Å². The third kappa shape index (κ3) is 3.64. The molecule has 0 aromatic rings. The van der Waals surface area contributed by atoms with Gasteiger partial charge in [0, 0.05) is 19.0 Å². The quantitative estimate of drug-likeness (QED) is 0.725. The predicted octanol–water partition coefficient (Wildman–Crippen LogP) is 0.406. The van der Waals surface area contributed by atoms with Crippen LogP contribution in [0.4, 0.5) is 13.2 Å². The molecule has 0 aromatic carbocycles. The maximum Gasteiger partial charge on any atom is 0.471 e. The number of likely N-dealkylation sites (tertiary alicyclic amines) is 1. The molecule has 1 unspecified atom stereocenters. The zero-order chi connectivity index (χ0) is 12.2. The summed E-state index contributed by atoms with van der Waals surface area (Å²) in [4.78, 5) is 11.7. The molecule has 1 aliphatic heterocycles. The van der Waals surface area contributed by atoms with Crippen LogP contribution in [0.1, 0.15) is 6.42 Å². The Bertz CT molecular complexity index is 245. The summed E-state index contributed by atoms with van der Waals surface area (Å²) < 4.78 is 41.2. The monoisotopic (exact) mass is 241 g/mol. The Morgan fingerprint density at radius 1 is 1.50 bits per heavy atom. The molecule has 0 aromatic heterocycles. The van der Waals surface area contributed by atoms with Gasteiger partial charge in [0.05, 0.1) is 19.8 Å². The van der Waals surface area contributed by atoms with Crippen LogP contribution in [0.15, 0.2) is 0 Å². The molecule has 1 amide bonds. The number of nitrogens with zero attached hydrogens (tertiary/aromatic N) is 1. The van der Waals surface area contributed by atoms with E-state index in [4.69, 9.17) is 9.84 Å². The van der Waals surface area contributed by atoms with Crippen LogP contribution in [0.2, 0.25) is 0 Å². The minimum Gasteiger partial charge on any atom is -0.394 e. The molecule has 1 aliphatic rings. The van der Waals surface area contributed by atoms with E-state index >= 15 is 0 Å². The van der Waals surface area contributed by atoms with Crippen LogP contribution in [-0.2, 0) is 9.53 Å². The third-order valence-electron chi connectivity index (χ3n) is 2.40. The number of carbonyl (C=O) groups excluding carboxylic acids is 1. The highest BCUT2D eigenvalue weighted by Crippen LogP contribution is 2.24. The fourth-order valence-electron chi connectivity index (χ4n) is 1.65. The highest BCUT2D eigenvalue weighted by atomic mass is 19.4. The molecule has 1 rings (SSSR count). The van der Waals surface area contributed by atoms with Crippen LogP contribution < -0.4 is 0 Å². The van der Waals surface area contributed by atoms with Crippen molar-refractivity contribution in [2.75, 3.05) is 32.9 Å². The molecule has 1 atom stereocenters. The number of halogens is 3. The summed E-state index contributed by atoms with van der Waals surface area (Å²) in [5.74, 6) is -1.85. The number of amides is 1. The van der Waals surface area contributed by atoms with Crippen molar-refractivity contribution in [2.24, 2.45) is 5.92 Å². The number of hydrogen-bond acceptors (Lipinski definition) is 3. The van der Waals surface area contributed by atoms with E-state index < -0.39 is 12.1 Å². The lowest BCUT2D eigenvalue weighted by atomic mass is 10.1. The van der Waals surface area contributed by atoms with Gasteiger partial charge in [-0.1, -0.05) is 0 Å². The molecule has 1 N–H and O–H groups in total. The maximum atomic E-state index is 12.1. The van der Waals surface area contributed by atoms with Gasteiger partial charge in [0.15, 0.2) is 0 Å². The first-order valence-electron chi connectivity index (χ1n) is 5.00. The van der Waals surface area contributed by atoms with E-state index in [0.717, 1.165) is 4.90 Å². The number of rotatable bonds is 4. The van der Waals surface area contributed by atoms with Crippen LogP contribution in [-0.4, -0.2) is 55.0 Å². The standard InChI is InChI=1S/C9H14F3NO3/c10-9(11,12)8(15)13-2-1-7(5-13)6-16-4-3-14/h7,14H,1-6H2. The first kappa shape index (κ1) is 13.2. The molecule has 1 saturated heterocycles. The fraction of sp³-hybridized carbons (Fsp3) is 0.889. The topological polar surface area (TPSA) is 49.8 Å². The van der Waals surface area contributed by atoms with Gasteiger partial charge >= 0.3 is 12.1 Å². The van der Waals surface area contributed by atoms with Gasteiger partial charge in [-0.3, -0.25) is 4.79 Å². The largest absolute Gasteiger partial charge is 0.471 e. The van der Waals surface area contributed by atoms with E-state index in [1.807, 2.05) is 0 Å². The van der Waals surface area contributed by atoms with Crippen molar-refractivity contribution >= 4 is 5.91 Å². The molecule has 1 heterocycles. The van der Waals surface area contributed by atoms with Gasteiger partial charge in [0.2, 0.25) is 0 Å². The number of hydrogen-bond donors (Lipinski definition) is 1. The zero-order valence-corrected chi connectivity index (χ0v) is 8.66. The number of alkyl halides is 3. The number of carbonyl (C=O) groups is 1. The summed E-state index contributed by atoms with van der Waals surface area (Å²) in [7, 11) is 0. The molecule has 7 heteroatoms. The summed E-state index contributed by atoms with van der Waals surface area (Å²) in [5.41, 5.74) is 0. The highest BCUT2D eigenvalue weighted by molar-refractivity contribution is 5.82. The minimum absolute atomic E-state index is 0.0714. The molecule has 0 bridgehead atoms. The van der Waals surface area contributed by atoms with Gasteiger partial charge in [-0.25, -0.2) is 0 Å². The molecule has 1 fully saturated rings. The van der Waals surface area contributed by atoms with Crippen molar-refractivity contribution in [3.63, 3.8) is 0 Å². The lowest BCUT2D eigenvalue weighted by molar-refractivity contribution is -0.184. The Kier molecular flexibility index (Phi) is 4.55. The van der Waals surface area contributed by atoms with E-state index in [1.54, 1.807) is 0 Å². The second kappa shape index (κ2) is 5.49. The van der Waals surface area contributed by atoms with E-state index in [9.17, 15) is 18.0 Å². The van der Waals surface area contributed by atoms with Crippen molar-refractivity contribution < 1.29 is 27.8 Å². The smallest absolute Gasteiger partial charge is 0.394 e. The normalized spacial score (nSPS) is 21.5. The van der Waals surface area contributed by atoms with E-state index in [0.29, 0.717) is 6.42 Å². The predicted molar refractivity (Wildman–Crippen MR) is 48.6 cm³/mol. The Balaban J connectivity index is 2.32. The molecule has 4 nitrogen and oxygen atoms in total. The molecular weight excluding hydrogens is 227 g/mol. The second-order valence-electron chi connectivity index (χ2n) is 3.70. The summed E-state index contributed by atoms with van der Waals surface area (Å²) in [6.45, 7) is 0.527. The van der Waals surface area contributed by atoms with Crippen LogP contribution in [0.25, 0.3) is 0 Å². The lowest BCUT2D eigenvalue weighted by Gasteiger charge is -2.17. The molecule has 16 heavy (non-hydrogen) atoms. The van der Waals surface area contributed by atoms with E-state index in [2.05, 4.69) is 0 Å². The Morgan fingerprint density at radius 3 is 2.75 bits per heavy atom. The average molecular weight is 241 g/mol. The first-order valence-corrected chi connectivity index (χ1v) is 5.00. The Hall–Kier alpha value is -0.820. The molecule has 0 saturated carbocycles.